The molecule has 0 spiro atoms. The van der Waals surface area contributed by atoms with E-state index in [1.54, 1.807) is 18.2 Å². The van der Waals surface area contributed by atoms with Crippen LogP contribution in [0.2, 0.25) is 0 Å². The molecule has 1 heterocycles. The zero-order valence-corrected chi connectivity index (χ0v) is 13.9. The van der Waals surface area contributed by atoms with Crippen LogP contribution < -0.4 is 5.32 Å². The van der Waals surface area contributed by atoms with E-state index in [0.717, 1.165) is 27.8 Å². The van der Waals surface area contributed by atoms with Crippen LogP contribution in [0.15, 0.2) is 72.8 Å². The van der Waals surface area contributed by atoms with Crippen LogP contribution in [0.4, 0.5) is 11.6 Å². The molecule has 26 heavy (non-hydrogen) atoms. The molecule has 0 saturated heterocycles. The summed E-state index contributed by atoms with van der Waals surface area (Å²) >= 11 is 0. The van der Waals surface area contributed by atoms with Gasteiger partial charge in [-0.05, 0) is 41.5 Å². The topological polar surface area (TPSA) is 78.0 Å². The summed E-state index contributed by atoms with van der Waals surface area (Å²) < 4.78 is 0. The monoisotopic (exact) mass is 343 g/mol. The Labute approximate surface area is 150 Å². The van der Waals surface area contributed by atoms with Gasteiger partial charge < -0.3 is 15.4 Å². The molecule has 0 bridgehead atoms. The van der Waals surface area contributed by atoms with Crippen molar-refractivity contribution in [3.63, 3.8) is 0 Å². The van der Waals surface area contributed by atoms with Gasteiger partial charge in [0, 0.05) is 11.3 Å². The molecule has 4 aromatic rings. The second-order valence-corrected chi connectivity index (χ2v) is 5.97. The van der Waals surface area contributed by atoms with Crippen LogP contribution in [-0.2, 0) is 0 Å². The maximum absolute atomic E-state index is 11.6. The predicted octanol–water partition coefficient (Wildman–Crippen LogP) is 4.15. The van der Waals surface area contributed by atoms with E-state index < -0.39 is 6.61 Å². The van der Waals surface area contributed by atoms with Gasteiger partial charge in [-0.25, -0.2) is 4.98 Å². The maximum Gasteiger partial charge on any atom is 0.205 e. The number of nitrogens with one attached hydrogen (secondary N) is 2. The van der Waals surface area contributed by atoms with E-state index in [9.17, 15) is 4.79 Å². The van der Waals surface area contributed by atoms with Crippen LogP contribution in [0.25, 0.3) is 22.2 Å². The van der Waals surface area contributed by atoms with Gasteiger partial charge in [0.2, 0.25) is 5.95 Å². The number of hydrogen-bond acceptors (Lipinski definition) is 4. The average molecular weight is 343 g/mol. The molecule has 0 amide bonds. The molecular weight excluding hydrogens is 326 g/mol. The number of nitrogens with zero attached hydrogens (tertiary/aromatic N) is 1. The molecule has 3 aromatic carbocycles. The van der Waals surface area contributed by atoms with Crippen molar-refractivity contribution < 1.29 is 9.90 Å². The van der Waals surface area contributed by atoms with Crippen molar-refractivity contribution in [3.8, 4) is 11.1 Å². The van der Waals surface area contributed by atoms with E-state index in [0.29, 0.717) is 11.5 Å². The van der Waals surface area contributed by atoms with Crippen molar-refractivity contribution in [3.05, 3.63) is 78.4 Å². The van der Waals surface area contributed by atoms with E-state index in [1.165, 1.54) is 0 Å². The number of carbonyl (C=O) groups excluding carboxylic acids is 1. The number of hydrogen-bond donors (Lipinski definition) is 3. The maximum atomic E-state index is 11.6. The molecule has 0 aliphatic carbocycles. The van der Waals surface area contributed by atoms with Crippen molar-refractivity contribution >= 4 is 28.5 Å². The quantitative estimate of drug-likeness (QED) is 0.476. The molecule has 0 radical (unpaired) electrons. The summed E-state index contributed by atoms with van der Waals surface area (Å²) in [6.45, 7) is -0.503. The third kappa shape index (κ3) is 3.20. The van der Waals surface area contributed by atoms with Crippen LogP contribution in [0.1, 0.15) is 10.4 Å². The first-order chi connectivity index (χ1) is 12.7. The number of carbonyl (C=O) groups is 1. The molecule has 0 saturated carbocycles. The molecular formula is C21H17N3O2. The molecule has 5 heteroatoms. The Morgan fingerprint density at radius 2 is 1.77 bits per heavy atom. The first kappa shape index (κ1) is 16.1. The second kappa shape index (κ2) is 6.82. The van der Waals surface area contributed by atoms with Crippen LogP contribution in [0.5, 0.6) is 0 Å². The van der Waals surface area contributed by atoms with Gasteiger partial charge in [0.05, 0.1) is 11.0 Å². The lowest BCUT2D eigenvalue weighted by molar-refractivity contribution is 0.0904. The van der Waals surface area contributed by atoms with Gasteiger partial charge in [0.25, 0.3) is 0 Å². The van der Waals surface area contributed by atoms with E-state index in [4.69, 9.17) is 5.11 Å². The number of rotatable bonds is 5. The molecule has 0 aliphatic rings. The molecule has 4 rings (SSSR count). The number of imidazole rings is 1. The number of ketones is 1. The molecule has 1 aromatic heterocycles. The third-order valence-electron chi connectivity index (χ3n) is 4.18. The second-order valence-electron chi connectivity index (χ2n) is 5.97. The standard InChI is InChI=1S/C21H17N3O2/c25-13-20(26)16-9-10-18-19(12-16)24-21(23-18)22-17-8-4-7-15(11-17)14-5-2-1-3-6-14/h1-12,25H,13H2,(H2,22,23,24). The summed E-state index contributed by atoms with van der Waals surface area (Å²) in [6, 6.07) is 23.4. The Bertz CT molecular complexity index is 1070. The van der Waals surface area contributed by atoms with E-state index >= 15 is 0 Å². The lowest BCUT2D eigenvalue weighted by atomic mass is 10.1. The van der Waals surface area contributed by atoms with Gasteiger partial charge >= 0.3 is 0 Å². The summed E-state index contributed by atoms with van der Waals surface area (Å²) in [7, 11) is 0. The molecule has 0 atom stereocenters. The number of aromatic amines is 1. The Morgan fingerprint density at radius 1 is 0.962 bits per heavy atom. The first-order valence-corrected chi connectivity index (χ1v) is 8.29. The number of anilines is 2. The highest BCUT2D eigenvalue weighted by Gasteiger charge is 2.08. The number of aliphatic hydroxyl groups excluding tert-OH is 1. The van der Waals surface area contributed by atoms with Gasteiger partial charge in [-0.2, -0.15) is 0 Å². The molecule has 128 valence electrons. The van der Waals surface area contributed by atoms with Crippen molar-refractivity contribution in [2.24, 2.45) is 0 Å². The Balaban J connectivity index is 1.62. The Kier molecular flexibility index (Phi) is 4.21. The lowest BCUT2D eigenvalue weighted by Crippen LogP contribution is -2.03. The summed E-state index contributed by atoms with van der Waals surface area (Å²) in [5.41, 5.74) is 5.13. The normalized spacial score (nSPS) is 10.8. The largest absolute Gasteiger partial charge is 0.388 e. The summed E-state index contributed by atoms with van der Waals surface area (Å²) in [5.74, 6) is 0.283. The van der Waals surface area contributed by atoms with Crippen LogP contribution in [-0.4, -0.2) is 27.5 Å². The highest BCUT2D eigenvalue weighted by molar-refractivity contribution is 5.99. The molecule has 0 fully saturated rings. The van der Waals surface area contributed by atoms with E-state index in [-0.39, 0.29) is 5.78 Å². The van der Waals surface area contributed by atoms with Gasteiger partial charge in [0.1, 0.15) is 6.61 Å². The predicted molar refractivity (Wildman–Crippen MR) is 103 cm³/mol. The fourth-order valence-corrected chi connectivity index (χ4v) is 2.88. The van der Waals surface area contributed by atoms with Crippen molar-refractivity contribution in [2.45, 2.75) is 0 Å². The number of benzene rings is 3. The zero-order chi connectivity index (χ0) is 17.9. The molecule has 0 aliphatic heterocycles. The highest BCUT2D eigenvalue weighted by atomic mass is 16.3. The van der Waals surface area contributed by atoms with Crippen LogP contribution in [0, 0.1) is 0 Å². The van der Waals surface area contributed by atoms with Crippen molar-refractivity contribution in [2.75, 3.05) is 11.9 Å². The van der Waals surface area contributed by atoms with Crippen LogP contribution >= 0.6 is 0 Å². The van der Waals surface area contributed by atoms with E-state index in [2.05, 4.69) is 39.6 Å². The van der Waals surface area contributed by atoms with Gasteiger partial charge in [-0.15, -0.1) is 0 Å². The summed E-state index contributed by atoms with van der Waals surface area (Å²) in [5, 5.41) is 12.3. The number of aliphatic hydroxyl groups is 1. The lowest BCUT2D eigenvalue weighted by Gasteiger charge is -2.06. The fraction of sp³-hybridized carbons (Fsp3) is 0.0476. The minimum Gasteiger partial charge on any atom is -0.388 e. The summed E-state index contributed by atoms with van der Waals surface area (Å²) in [6.07, 6.45) is 0. The number of aromatic nitrogens is 2. The smallest absolute Gasteiger partial charge is 0.205 e. The minimum atomic E-state index is -0.503. The minimum absolute atomic E-state index is 0.313. The third-order valence-corrected chi connectivity index (χ3v) is 4.18. The van der Waals surface area contributed by atoms with Gasteiger partial charge in [-0.3, -0.25) is 4.79 Å². The highest BCUT2D eigenvalue weighted by Crippen LogP contribution is 2.25. The number of Topliss-reactive ketones (excluding diaryl/α,β-unsaturated/α-hetero) is 1. The number of H-pyrrole nitrogens is 1. The van der Waals surface area contributed by atoms with Gasteiger partial charge in [-0.1, -0.05) is 42.5 Å². The molecule has 3 N–H and O–H groups in total. The number of fused-ring (bicyclic) bond motifs is 1. The fourth-order valence-electron chi connectivity index (χ4n) is 2.88. The van der Waals surface area contributed by atoms with Crippen molar-refractivity contribution in [1.29, 1.82) is 0 Å². The van der Waals surface area contributed by atoms with Crippen LogP contribution in [0.3, 0.4) is 0 Å². The first-order valence-electron chi connectivity index (χ1n) is 8.29. The van der Waals surface area contributed by atoms with Crippen molar-refractivity contribution in [1.82, 2.24) is 9.97 Å². The van der Waals surface area contributed by atoms with E-state index in [1.807, 2.05) is 30.3 Å². The van der Waals surface area contributed by atoms with Gasteiger partial charge in [0.15, 0.2) is 5.78 Å². The average Bonchev–Trinajstić information content (AvgIpc) is 3.09. The molecule has 5 nitrogen and oxygen atoms in total. The SMILES string of the molecule is O=C(CO)c1ccc2nc(Nc3cccc(-c4ccccc4)c3)[nH]c2c1. The summed E-state index contributed by atoms with van der Waals surface area (Å²) in [4.78, 5) is 19.3. The Morgan fingerprint density at radius 3 is 2.58 bits per heavy atom. The molecule has 0 unspecified atom stereocenters. The zero-order valence-electron chi connectivity index (χ0n) is 13.9. The Hall–Kier alpha value is -3.44.